The van der Waals surface area contributed by atoms with Gasteiger partial charge < -0.3 is 14.7 Å². The molecule has 6 heteroatoms. The molecule has 2 aromatic rings. The highest BCUT2D eigenvalue weighted by Gasteiger charge is 2.24. The predicted molar refractivity (Wildman–Crippen MR) is 96.8 cm³/mol. The Bertz CT molecular complexity index is 732. The van der Waals surface area contributed by atoms with E-state index in [0.717, 1.165) is 17.0 Å². The molecule has 1 aromatic heterocycles. The van der Waals surface area contributed by atoms with E-state index in [-0.39, 0.29) is 24.6 Å². The highest BCUT2D eigenvalue weighted by molar-refractivity contribution is 5.92. The van der Waals surface area contributed by atoms with E-state index in [0.29, 0.717) is 12.2 Å². The molecule has 136 valence electrons. The van der Waals surface area contributed by atoms with Crippen molar-refractivity contribution in [1.29, 1.82) is 0 Å². The molecule has 6 nitrogen and oxygen atoms in total. The lowest BCUT2D eigenvalue weighted by Crippen LogP contribution is -2.34. The first kappa shape index (κ1) is 19.0. The minimum Gasteiger partial charge on any atom is -0.496 e. The summed E-state index contributed by atoms with van der Waals surface area (Å²) in [5.41, 5.74) is 2.00. The Hall–Kier alpha value is -2.34. The molecule has 1 N–H and O–H groups in total. The Balaban J connectivity index is 2.29. The number of nitrogens with zero attached hydrogens (tertiary/aromatic N) is 3. The number of carbonyl (C=O) groups is 1. The van der Waals surface area contributed by atoms with Crippen LogP contribution in [0.15, 0.2) is 30.3 Å². The molecule has 0 radical (unpaired) electrons. The lowest BCUT2D eigenvalue weighted by molar-refractivity contribution is 0.0699. The number of hydrogen-bond acceptors (Lipinski definition) is 4. The maximum atomic E-state index is 12.9. The second-order valence-corrected chi connectivity index (χ2v) is 7.02. The topological polar surface area (TPSA) is 67.6 Å². The van der Waals surface area contributed by atoms with Crippen molar-refractivity contribution in [2.75, 3.05) is 20.3 Å². The van der Waals surface area contributed by atoms with Gasteiger partial charge in [0.2, 0.25) is 0 Å². The number of aromatic nitrogens is 2. The molecule has 0 unspecified atom stereocenters. The van der Waals surface area contributed by atoms with Gasteiger partial charge in [-0.15, -0.1) is 0 Å². The largest absolute Gasteiger partial charge is 0.496 e. The van der Waals surface area contributed by atoms with Gasteiger partial charge in [-0.2, -0.15) is 5.10 Å². The van der Waals surface area contributed by atoms with Crippen molar-refractivity contribution >= 4 is 5.91 Å². The number of aliphatic hydroxyl groups excluding tert-OH is 1. The maximum Gasteiger partial charge on any atom is 0.274 e. The number of methoxy groups -OCH3 is 1. The number of benzene rings is 1. The molecule has 0 aliphatic carbocycles. The number of carbonyl (C=O) groups excluding carboxylic acids is 1. The first-order chi connectivity index (χ1) is 11.8. The van der Waals surface area contributed by atoms with E-state index in [2.05, 4.69) is 5.10 Å². The highest BCUT2D eigenvalue weighted by Crippen LogP contribution is 2.21. The molecule has 0 saturated carbocycles. The van der Waals surface area contributed by atoms with Crippen LogP contribution < -0.4 is 4.74 Å². The third kappa shape index (κ3) is 4.39. The number of para-hydroxylation sites is 1. The monoisotopic (exact) mass is 345 g/mol. The van der Waals surface area contributed by atoms with Gasteiger partial charge in [0, 0.05) is 24.3 Å². The molecule has 0 saturated heterocycles. The Morgan fingerprint density at radius 2 is 2.00 bits per heavy atom. The normalized spacial score (nSPS) is 11.4. The summed E-state index contributed by atoms with van der Waals surface area (Å²) in [6.07, 6.45) is 0. The Morgan fingerprint density at radius 1 is 1.32 bits per heavy atom. The van der Waals surface area contributed by atoms with Crippen molar-refractivity contribution < 1.29 is 14.6 Å². The summed E-state index contributed by atoms with van der Waals surface area (Å²) in [6, 6.07) is 9.35. The lowest BCUT2D eigenvalue weighted by Gasteiger charge is -2.23. The summed E-state index contributed by atoms with van der Waals surface area (Å²) in [6.45, 7) is 8.54. The van der Waals surface area contributed by atoms with Crippen LogP contribution in [0.3, 0.4) is 0 Å². The number of aryl methyl sites for hydroxylation is 1. The Kier molecular flexibility index (Phi) is 5.85. The zero-order chi connectivity index (χ0) is 18.6. The summed E-state index contributed by atoms with van der Waals surface area (Å²) in [4.78, 5) is 14.5. The van der Waals surface area contributed by atoms with Crippen LogP contribution in [0.5, 0.6) is 5.75 Å². The van der Waals surface area contributed by atoms with Crippen molar-refractivity contribution in [3.63, 3.8) is 0 Å². The van der Waals surface area contributed by atoms with E-state index in [4.69, 9.17) is 4.74 Å². The van der Waals surface area contributed by atoms with Gasteiger partial charge in [-0.05, 0) is 39.8 Å². The van der Waals surface area contributed by atoms with E-state index in [1.165, 1.54) is 0 Å². The predicted octanol–water partition coefficient (Wildman–Crippen LogP) is 2.59. The van der Waals surface area contributed by atoms with Crippen molar-refractivity contribution in [2.24, 2.45) is 0 Å². The zero-order valence-corrected chi connectivity index (χ0v) is 15.6. The Morgan fingerprint density at radius 3 is 2.56 bits per heavy atom. The smallest absolute Gasteiger partial charge is 0.274 e. The molecule has 0 aliphatic rings. The number of aliphatic hydroxyl groups is 1. The fourth-order valence-electron chi connectivity index (χ4n) is 2.83. The molecule has 0 atom stereocenters. The van der Waals surface area contributed by atoms with Crippen molar-refractivity contribution in [1.82, 2.24) is 14.7 Å². The fourth-order valence-corrected chi connectivity index (χ4v) is 2.83. The Labute approximate surface area is 149 Å². The molecular weight excluding hydrogens is 318 g/mol. The van der Waals surface area contributed by atoms with Gasteiger partial charge >= 0.3 is 0 Å². The van der Waals surface area contributed by atoms with Crippen molar-refractivity contribution in [3.8, 4) is 5.75 Å². The van der Waals surface area contributed by atoms with E-state index in [9.17, 15) is 9.90 Å². The molecule has 0 bridgehead atoms. The van der Waals surface area contributed by atoms with Gasteiger partial charge in [-0.1, -0.05) is 18.2 Å². The van der Waals surface area contributed by atoms with Gasteiger partial charge in [0.15, 0.2) is 5.69 Å². The summed E-state index contributed by atoms with van der Waals surface area (Å²) in [7, 11) is 1.60. The van der Waals surface area contributed by atoms with Crippen LogP contribution in [-0.4, -0.2) is 46.0 Å². The first-order valence-electron chi connectivity index (χ1n) is 8.37. The maximum absolute atomic E-state index is 12.9. The summed E-state index contributed by atoms with van der Waals surface area (Å²) in [5, 5.41) is 13.9. The van der Waals surface area contributed by atoms with Crippen molar-refractivity contribution in [3.05, 3.63) is 47.3 Å². The SMILES string of the molecule is COc1ccccc1CN(CCO)C(=O)c1cc(C)n(C(C)(C)C)n1. The lowest BCUT2D eigenvalue weighted by atomic mass is 10.1. The summed E-state index contributed by atoms with van der Waals surface area (Å²) in [5.74, 6) is 0.515. The van der Waals surface area contributed by atoms with E-state index < -0.39 is 0 Å². The average molecular weight is 345 g/mol. The molecule has 0 spiro atoms. The third-order valence-electron chi connectivity index (χ3n) is 3.95. The fraction of sp³-hybridized carbons (Fsp3) is 0.474. The van der Waals surface area contributed by atoms with Gasteiger partial charge in [-0.3, -0.25) is 9.48 Å². The number of rotatable bonds is 6. The second-order valence-electron chi connectivity index (χ2n) is 7.02. The van der Waals surface area contributed by atoms with E-state index >= 15 is 0 Å². The van der Waals surface area contributed by atoms with Crippen LogP contribution in [0, 0.1) is 6.92 Å². The molecule has 25 heavy (non-hydrogen) atoms. The van der Waals surface area contributed by atoms with Crippen LogP contribution in [-0.2, 0) is 12.1 Å². The van der Waals surface area contributed by atoms with Crippen LogP contribution in [0.1, 0.15) is 42.5 Å². The molecular formula is C19H27N3O3. The number of hydrogen-bond donors (Lipinski definition) is 1. The van der Waals surface area contributed by atoms with Gasteiger partial charge in [0.1, 0.15) is 5.75 Å². The molecule has 1 amide bonds. The molecule has 1 heterocycles. The van der Waals surface area contributed by atoms with Crippen LogP contribution in [0.4, 0.5) is 0 Å². The molecule has 2 rings (SSSR count). The summed E-state index contributed by atoms with van der Waals surface area (Å²) >= 11 is 0. The number of ether oxygens (including phenoxy) is 1. The quantitative estimate of drug-likeness (QED) is 0.874. The van der Waals surface area contributed by atoms with E-state index in [1.54, 1.807) is 18.1 Å². The molecule has 1 aromatic carbocycles. The minimum absolute atomic E-state index is 0.111. The zero-order valence-electron chi connectivity index (χ0n) is 15.6. The first-order valence-corrected chi connectivity index (χ1v) is 8.37. The van der Waals surface area contributed by atoms with Crippen LogP contribution >= 0.6 is 0 Å². The van der Waals surface area contributed by atoms with Gasteiger partial charge in [0.05, 0.1) is 19.3 Å². The molecule has 0 aliphatic heterocycles. The average Bonchev–Trinajstić information content (AvgIpc) is 2.96. The van der Waals surface area contributed by atoms with Gasteiger partial charge in [0.25, 0.3) is 5.91 Å². The minimum atomic E-state index is -0.203. The van der Waals surface area contributed by atoms with Crippen LogP contribution in [0.25, 0.3) is 0 Å². The van der Waals surface area contributed by atoms with Crippen LogP contribution in [0.2, 0.25) is 0 Å². The number of amides is 1. The van der Waals surface area contributed by atoms with Gasteiger partial charge in [-0.25, -0.2) is 0 Å². The highest BCUT2D eigenvalue weighted by atomic mass is 16.5. The molecule has 0 fully saturated rings. The standard InChI is InChI=1S/C19H27N3O3/c1-14-12-16(20-22(14)19(2,3)4)18(24)21(10-11-23)13-15-8-6-7-9-17(15)25-5/h6-9,12,23H,10-11,13H2,1-5H3. The van der Waals surface area contributed by atoms with E-state index in [1.807, 2.05) is 56.6 Å². The summed E-state index contributed by atoms with van der Waals surface area (Å²) < 4.78 is 7.21. The third-order valence-corrected chi connectivity index (χ3v) is 3.95. The van der Waals surface area contributed by atoms with Crippen molar-refractivity contribution in [2.45, 2.75) is 39.8 Å². The second kappa shape index (κ2) is 7.70.